The van der Waals surface area contributed by atoms with Gasteiger partial charge >= 0.3 is 0 Å². The average Bonchev–Trinajstić information content (AvgIpc) is 3.55. The van der Waals surface area contributed by atoms with Crippen molar-refractivity contribution < 1.29 is 9.59 Å². The van der Waals surface area contributed by atoms with Gasteiger partial charge in [0.25, 0.3) is 11.5 Å². The van der Waals surface area contributed by atoms with E-state index < -0.39 is 5.92 Å². The number of amides is 2. The Kier molecular flexibility index (Phi) is 4.96. The molecule has 0 spiro atoms. The highest BCUT2D eigenvalue weighted by atomic mass is 16.2. The Morgan fingerprint density at radius 2 is 1.92 bits per heavy atom. The van der Waals surface area contributed by atoms with Crippen LogP contribution in [-0.4, -0.2) is 32.4 Å². The van der Waals surface area contributed by atoms with Crippen molar-refractivity contribution in [3.8, 4) is 0 Å². The molecule has 0 aliphatic carbocycles. The van der Waals surface area contributed by atoms with Crippen LogP contribution >= 0.6 is 0 Å². The average molecular weight is 507 g/mol. The molecule has 0 fully saturated rings. The lowest BCUT2D eigenvalue weighted by Gasteiger charge is -2.20. The van der Waals surface area contributed by atoms with E-state index in [1.54, 1.807) is 0 Å². The van der Waals surface area contributed by atoms with Crippen molar-refractivity contribution >= 4 is 39.3 Å². The van der Waals surface area contributed by atoms with Gasteiger partial charge in [-0.25, -0.2) is 0 Å². The predicted octanol–water partition coefficient (Wildman–Crippen LogP) is 4.76. The zero-order valence-corrected chi connectivity index (χ0v) is 21.9. The van der Waals surface area contributed by atoms with Gasteiger partial charge in [0, 0.05) is 54.5 Å². The summed E-state index contributed by atoms with van der Waals surface area (Å²) in [5.74, 6) is -0.657. The Bertz CT molecular complexity index is 1790. The van der Waals surface area contributed by atoms with Gasteiger partial charge in [-0.3, -0.25) is 19.3 Å². The summed E-state index contributed by atoms with van der Waals surface area (Å²) in [5.41, 5.74) is 6.82. The van der Waals surface area contributed by atoms with E-state index in [2.05, 4.69) is 42.1 Å². The smallest absolute Gasteiger partial charge is 0.259 e. The van der Waals surface area contributed by atoms with Gasteiger partial charge in [0.1, 0.15) is 0 Å². The number of hydrogen-bond donors (Lipinski definition) is 1. The molecule has 2 aromatic carbocycles. The van der Waals surface area contributed by atoms with E-state index in [0.717, 1.165) is 52.4 Å². The second-order valence-corrected chi connectivity index (χ2v) is 11.2. The van der Waals surface area contributed by atoms with Gasteiger partial charge in [-0.05, 0) is 53.5 Å². The minimum absolute atomic E-state index is 0.0594. The Balaban J connectivity index is 1.53. The Hall–Kier alpha value is -4.13. The number of carbonyl (C=O) groups is 2. The van der Waals surface area contributed by atoms with Gasteiger partial charge in [-0.1, -0.05) is 38.1 Å². The lowest BCUT2D eigenvalue weighted by atomic mass is 9.84. The van der Waals surface area contributed by atoms with Gasteiger partial charge in [0.05, 0.1) is 23.2 Å². The number of rotatable bonds is 4. The first kappa shape index (κ1) is 23.0. The third-order valence-corrected chi connectivity index (χ3v) is 8.40. The number of carbonyl (C=O) groups excluding carboxylic acids is 2. The number of anilines is 1. The molecule has 7 nitrogen and oxygen atoms in total. The van der Waals surface area contributed by atoms with E-state index in [1.165, 1.54) is 17.4 Å². The fourth-order valence-electron chi connectivity index (χ4n) is 6.58. The van der Waals surface area contributed by atoms with E-state index in [9.17, 15) is 14.4 Å². The van der Waals surface area contributed by atoms with Gasteiger partial charge in [0.2, 0.25) is 5.91 Å². The number of nitrogens with zero attached hydrogens (tertiary/aromatic N) is 3. The summed E-state index contributed by atoms with van der Waals surface area (Å²) in [7, 11) is 0. The van der Waals surface area contributed by atoms with Crippen LogP contribution in [0.15, 0.2) is 64.7 Å². The molecule has 1 N–H and O–H groups in total. The number of aryl methyl sites for hydroxylation is 3. The lowest BCUT2D eigenvalue weighted by molar-refractivity contribution is -0.139. The third kappa shape index (κ3) is 3.17. The minimum Gasteiger partial charge on any atom is -0.356 e. The molecule has 7 heteroatoms. The minimum atomic E-state index is -0.578. The molecule has 3 aliphatic rings. The summed E-state index contributed by atoms with van der Waals surface area (Å²) in [5, 5.41) is 5.56. The number of pyridine rings is 1. The maximum Gasteiger partial charge on any atom is 0.259 e. The van der Waals surface area contributed by atoms with Crippen molar-refractivity contribution in [3.63, 3.8) is 0 Å². The topological polar surface area (TPSA) is 76.3 Å². The summed E-state index contributed by atoms with van der Waals surface area (Å²) in [6, 6.07) is 14.3. The number of aromatic nitrogens is 2. The Morgan fingerprint density at radius 3 is 2.71 bits per heavy atom. The normalized spacial score (nSPS) is 18.1. The van der Waals surface area contributed by atoms with Crippen LogP contribution in [0.25, 0.3) is 21.8 Å². The monoisotopic (exact) mass is 506 g/mol. The molecule has 0 saturated carbocycles. The zero-order valence-electron chi connectivity index (χ0n) is 21.9. The molecule has 38 heavy (non-hydrogen) atoms. The Morgan fingerprint density at radius 1 is 1.11 bits per heavy atom. The molecule has 192 valence electrons. The maximum absolute atomic E-state index is 14.1. The molecular weight excluding hydrogens is 476 g/mol. The summed E-state index contributed by atoms with van der Waals surface area (Å²) < 4.78 is 4.13. The summed E-state index contributed by atoms with van der Waals surface area (Å²) in [6.07, 6.45) is 3.97. The molecule has 3 aliphatic heterocycles. The third-order valence-electron chi connectivity index (χ3n) is 8.40. The molecular formula is C31H30N4O3. The Labute approximate surface area is 220 Å². The SMILES string of the molecule is CC(=O)N1CC2=C(C1=O)C(c1cc3cccc4c3n(c1=O)CC4)c1cn(CCC(C)C)c3cccc(c13)N2. The van der Waals surface area contributed by atoms with Crippen LogP contribution < -0.4 is 10.9 Å². The molecule has 0 bridgehead atoms. The number of hydrogen-bond acceptors (Lipinski definition) is 4. The number of imide groups is 1. The number of benzene rings is 2. The van der Waals surface area contributed by atoms with Crippen molar-refractivity contribution in [1.29, 1.82) is 0 Å². The van der Waals surface area contributed by atoms with Gasteiger partial charge in [-0.15, -0.1) is 0 Å². The molecule has 0 radical (unpaired) electrons. The van der Waals surface area contributed by atoms with Crippen LogP contribution in [0.4, 0.5) is 5.69 Å². The fraction of sp³-hybridized carbons (Fsp3) is 0.323. The molecule has 7 rings (SSSR count). The highest BCUT2D eigenvalue weighted by Gasteiger charge is 2.43. The number of para-hydroxylation sites is 1. The first-order valence-corrected chi connectivity index (χ1v) is 13.4. The van der Waals surface area contributed by atoms with Crippen LogP contribution in [0.3, 0.4) is 0 Å². The summed E-state index contributed by atoms with van der Waals surface area (Å²) in [6.45, 7) is 7.50. The quantitative estimate of drug-likeness (QED) is 0.433. The second kappa shape index (κ2) is 8.18. The highest BCUT2D eigenvalue weighted by molar-refractivity contribution is 6.11. The van der Waals surface area contributed by atoms with E-state index in [-0.39, 0.29) is 23.9 Å². The maximum atomic E-state index is 14.1. The predicted molar refractivity (Wildman–Crippen MR) is 148 cm³/mol. The lowest BCUT2D eigenvalue weighted by Crippen LogP contribution is -2.34. The molecule has 5 heterocycles. The molecule has 1 unspecified atom stereocenters. The zero-order chi connectivity index (χ0) is 26.3. The first-order chi connectivity index (χ1) is 18.3. The second-order valence-electron chi connectivity index (χ2n) is 11.2. The van der Waals surface area contributed by atoms with E-state index >= 15 is 0 Å². The van der Waals surface area contributed by atoms with Crippen LogP contribution in [-0.2, 0) is 29.1 Å². The van der Waals surface area contributed by atoms with Crippen LogP contribution in [0.1, 0.15) is 49.8 Å². The number of nitrogens with one attached hydrogen (secondary N) is 1. The van der Waals surface area contributed by atoms with E-state index in [0.29, 0.717) is 29.3 Å². The van der Waals surface area contributed by atoms with Crippen molar-refractivity contribution in [1.82, 2.24) is 14.0 Å². The van der Waals surface area contributed by atoms with Gasteiger partial charge < -0.3 is 14.5 Å². The van der Waals surface area contributed by atoms with Crippen LogP contribution in [0.2, 0.25) is 0 Å². The first-order valence-electron chi connectivity index (χ1n) is 13.4. The molecule has 2 aromatic heterocycles. The molecule has 0 saturated heterocycles. The molecule has 1 atom stereocenters. The van der Waals surface area contributed by atoms with Crippen LogP contribution in [0.5, 0.6) is 0 Å². The molecule has 4 aromatic rings. The van der Waals surface area contributed by atoms with Crippen molar-refractivity contribution in [3.05, 3.63) is 87.0 Å². The van der Waals surface area contributed by atoms with Crippen molar-refractivity contribution in [2.24, 2.45) is 5.92 Å². The van der Waals surface area contributed by atoms with Gasteiger partial charge in [0.15, 0.2) is 0 Å². The summed E-state index contributed by atoms with van der Waals surface area (Å²) >= 11 is 0. The highest BCUT2D eigenvalue weighted by Crippen LogP contribution is 2.46. The van der Waals surface area contributed by atoms with Gasteiger partial charge in [-0.2, -0.15) is 0 Å². The standard InChI is InChI=1S/C31H30N4O3/c1-17(2)10-12-33-15-22-26(21-14-20-7-4-6-19-11-13-34(29(19)20)30(21)37)28-24(16-35(18(3)36)31(28)38)32-23-8-5-9-25(33)27(22)23/h4-9,14-15,17,26,32H,10-13,16H2,1-3H3. The van der Waals surface area contributed by atoms with E-state index in [4.69, 9.17) is 0 Å². The van der Waals surface area contributed by atoms with Crippen molar-refractivity contribution in [2.75, 3.05) is 11.9 Å². The molecule has 2 amide bonds. The largest absolute Gasteiger partial charge is 0.356 e. The fourth-order valence-corrected chi connectivity index (χ4v) is 6.58. The van der Waals surface area contributed by atoms with Crippen LogP contribution in [0, 0.1) is 5.92 Å². The summed E-state index contributed by atoms with van der Waals surface area (Å²) in [4.78, 5) is 41.7. The van der Waals surface area contributed by atoms with E-state index in [1.807, 2.05) is 34.9 Å². The van der Waals surface area contributed by atoms with Crippen molar-refractivity contribution in [2.45, 2.75) is 52.6 Å².